The van der Waals surface area contributed by atoms with E-state index >= 15 is 0 Å². The lowest BCUT2D eigenvalue weighted by atomic mass is 10.1. The van der Waals surface area contributed by atoms with Crippen molar-refractivity contribution in [2.75, 3.05) is 25.1 Å². The molecular weight excluding hydrogens is 522 g/mol. The lowest BCUT2D eigenvalue weighted by Crippen LogP contribution is -2.17. The summed E-state index contributed by atoms with van der Waals surface area (Å²) in [4.78, 5) is 8.53. The third kappa shape index (κ3) is 5.00. The van der Waals surface area contributed by atoms with Gasteiger partial charge < -0.3 is 20.5 Å². The molecule has 3 aromatic rings. The summed E-state index contributed by atoms with van der Waals surface area (Å²) < 4.78 is 26.3. The number of nitrogens with zero attached hydrogens (tertiary/aromatic N) is 2. The third-order valence-electron chi connectivity index (χ3n) is 4.97. The molecule has 6 nitrogen and oxygen atoms in total. The highest BCUT2D eigenvalue weighted by Crippen LogP contribution is 2.39. The first-order valence-electron chi connectivity index (χ1n) is 9.92. The summed E-state index contributed by atoms with van der Waals surface area (Å²) in [6, 6.07) is 6.79. The Morgan fingerprint density at radius 2 is 2.19 bits per heavy atom. The van der Waals surface area contributed by atoms with Crippen LogP contribution in [0.5, 0.6) is 5.75 Å². The zero-order chi connectivity index (χ0) is 22.7. The van der Waals surface area contributed by atoms with Gasteiger partial charge in [-0.3, -0.25) is 0 Å². The Labute approximate surface area is 203 Å². The number of aromatic nitrogens is 2. The number of benzene rings is 2. The lowest BCUT2D eigenvalue weighted by molar-refractivity contribution is 0.141. The molecule has 32 heavy (non-hydrogen) atoms. The quantitative estimate of drug-likeness (QED) is 0.219. The Hall–Kier alpha value is -1.97. The highest BCUT2D eigenvalue weighted by Gasteiger charge is 2.22. The van der Waals surface area contributed by atoms with Crippen LogP contribution in [-0.2, 0) is 4.74 Å². The molecule has 0 spiro atoms. The van der Waals surface area contributed by atoms with Crippen molar-refractivity contribution < 1.29 is 13.9 Å². The fourth-order valence-corrected chi connectivity index (χ4v) is 4.24. The van der Waals surface area contributed by atoms with Crippen LogP contribution in [0, 0.1) is 5.82 Å². The summed E-state index contributed by atoms with van der Waals surface area (Å²) in [7, 11) is 0. The van der Waals surface area contributed by atoms with Gasteiger partial charge in [0.2, 0.25) is 0 Å². The van der Waals surface area contributed by atoms with Gasteiger partial charge in [0.15, 0.2) is 5.82 Å². The van der Waals surface area contributed by atoms with Gasteiger partial charge in [0, 0.05) is 30.0 Å². The van der Waals surface area contributed by atoms with Crippen LogP contribution in [0.25, 0.3) is 10.9 Å². The van der Waals surface area contributed by atoms with E-state index in [1.807, 2.05) is 24.3 Å². The van der Waals surface area contributed by atoms with Crippen molar-refractivity contribution in [3.05, 3.63) is 64.2 Å². The van der Waals surface area contributed by atoms with Crippen molar-refractivity contribution in [2.45, 2.75) is 17.4 Å². The van der Waals surface area contributed by atoms with Gasteiger partial charge in [0.1, 0.15) is 24.0 Å². The molecule has 1 aliphatic rings. The van der Waals surface area contributed by atoms with Gasteiger partial charge in [-0.1, -0.05) is 51.3 Å². The van der Waals surface area contributed by atoms with Gasteiger partial charge in [-0.25, -0.2) is 14.4 Å². The Morgan fingerprint density at radius 3 is 2.94 bits per heavy atom. The SMILES string of the molecule is NC/C=C/[C@H](Br)c1cc2c(Nc3ccc(Cl)c(Cl)c3F)ncnc2cc1OC1CCOC1. The van der Waals surface area contributed by atoms with E-state index in [1.165, 1.54) is 18.5 Å². The number of ether oxygens (including phenoxy) is 2. The number of nitrogens with two attached hydrogens (primary N) is 1. The molecule has 0 radical (unpaired) electrons. The van der Waals surface area contributed by atoms with Crippen LogP contribution in [0.15, 0.2) is 42.7 Å². The zero-order valence-electron chi connectivity index (χ0n) is 16.8. The van der Waals surface area contributed by atoms with Gasteiger partial charge in [0.05, 0.1) is 39.3 Å². The van der Waals surface area contributed by atoms with Crippen molar-refractivity contribution in [3.63, 3.8) is 0 Å². The van der Waals surface area contributed by atoms with Crippen molar-refractivity contribution in [3.8, 4) is 5.75 Å². The number of rotatable bonds is 7. The number of halogens is 4. The maximum absolute atomic E-state index is 14.6. The predicted molar refractivity (Wildman–Crippen MR) is 129 cm³/mol. The average molecular weight is 542 g/mol. The molecule has 1 aliphatic heterocycles. The van der Waals surface area contributed by atoms with Crippen LogP contribution in [-0.4, -0.2) is 35.8 Å². The smallest absolute Gasteiger partial charge is 0.166 e. The molecule has 4 rings (SSSR count). The Balaban J connectivity index is 1.78. The molecule has 168 valence electrons. The Kier molecular flexibility index (Phi) is 7.48. The molecule has 1 aromatic heterocycles. The Morgan fingerprint density at radius 1 is 1.34 bits per heavy atom. The number of anilines is 2. The topological polar surface area (TPSA) is 82.3 Å². The van der Waals surface area contributed by atoms with E-state index < -0.39 is 5.82 Å². The number of hydrogen-bond acceptors (Lipinski definition) is 6. The molecule has 0 saturated carbocycles. The first kappa shape index (κ1) is 23.2. The highest BCUT2D eigenvalue weighted by molar-refractivity contribution is 9.09. The van der Waals surface area contributed by atoms with E-state index in [4.69, 9.17) is 38.4 Å². The summed E-state index contributed by atoms with van der Waals surface area (Å²) in [5.74, 6) is 0.449. The number of allylic oxidation sites excluding steroid dienone is 1. The maximum Gasteiger partial charge on any atom is 0.166 e. The summed E-state index contributed by atoms with van der Waals surface area (Å²) in [6.45, 7) is 1.62. The van der Waals surface area contributed by atoms with E-state index in [0.717, 1.165) is 12.0 Å². The molecule has 2 aromatic carbocycles. The van der Waals surface area contributed by atoms with Crippen molar-refractivity contribution in [1.82, 2.24) is 9.97 Å². The van der Waals surface area contributed by atoms with Gasteiger partial charge in [-0.05, 0) is 18.2 Å². The first-order chi connectivity index (χ1) is 15.5. The van der Waals surface area contributed by atoms with E-state index in [2.05, 4.69) is 31.2 Å². The molecule has 0 aliphatic carbocycles. The summed E-state index contributed by atoms with van der Waals surface area (Å²) in [6.07, 6.45) is 5.99. The summed E-state index contributed by atoms with van der Waals surface area (Å²) >= 11 is 15.5. The van der Waals surface area contributed by atoms with Crippen LogP contribution in [0.4, 0.5) is 15.9 Å². The van der Waals surface area contributed by atoms with Crippen molar-refractivity contribution in [2.24, 2.45) is 5.73 Å². The van der Waals surface area contributed by atoms with Gasteiger partial charge in [-0.15, -0.1) is 0 Å². The fourth-order valence-electron chi connectivity index (χ4n) is 3.35. The molecule has 1 unspecified atom stereocenters. The monoisotopic (exact) mass is 540 g/mol. The average Bonchev–Trinajstić information content (AvgIpc) is 3.30. The number of alkyl halides is 1. The van der Waals surface area contributed by atoms with Crippen LogP contribution in [0.3, 0.4) is 0 Å². The molecule has 0 bridgehead atoms. The van der Waals surface area contributed by atoms with Crippen molar-refractivity contribution >= 4 is 61.5 Å². The molecule has 1 saturated heterocycles. The normalized spacial score (nSPS) is 17.2. The summed E-state index contributed by atoms with van der Waals surface area (Å²) in [5.41, 5.74) is 7.28. The van der Waals surface area contributed by atoms with Gasteiger partial charge >= 0.3 is 0 Å². The minimum Gasteiger partial charge on any atom is -0.488 e. The number of nitrogens with one attached hydrogen (secondary N) is 1. The molecule has 1 fully saturated rings. The third-order valence-corrected chi connectivity index (χ3v) is 6.55. The second-order valence-corrected chi connectivity index (χ2v) is 8.92. The molecule has 0 amide bonds. The second-order valence-electron chi connectivity index (χ2n) is 7.15. The number of hydrogen-bond donors (Lipinski definition) is 2. The first-order valence-corrected chi connectivity index (χ1v) is 11.6. The van der Waals surface area contributed by atoms with Gasteiger partial charge in [-0.2, -0.15) is 0 Å². The number of fused-ring (bicyclic) bond motifs is 1. The lowest BCUT2D eigenvalue weighted by Gasteiger charge is -2.19. The van der Waals surface area contributed by atoms with E-state index in [1.54, 1.807) is 0 Å². The molecule has 10 heteroatoms. The van der Waals surface area contributed by atoms with Crippen LogP contribution < -0.4 is 15.8 Å². The van der Waals surface area contributed by atoms with Crippen molar-refractivity contribution in [1.29, 1.82) is 0 Å². The van der Waals surface area contributed by atoms with Gasteiger partial charge in [0.25, 0.3) is 0 Å². The standard InChI is InChI=1S/C22H20BrCl2FN4O2/c23-15(2-1-6-27)13-8-14-18(9-19(13)32-12-5-7-31-10-12)28-11-29-22(14)30-17-4-3-16(24)20(25)21(17)26/h1-4,8-9,11-12,15H,5-7,10,27H2,(H,28,29,30)/b2-1+/t12?,15-/m0/s1. The van der Waals surface area contributed by atoms with Crippen LogP contribution >= 0.6 is 39.1 Å². The largest absolute Gasteiger partial charge is 0.488 e. The highest BCUT2D eigenvalue weighted by atomic mass is 79.9. The second kappa shape index (κ2) is 10.3. The molecule has 2 atom stereocenters. The zero-order valence-corrected chi connectivity index (χ0v) is 19.9. The molecule has 3 N–H and O–H groups in total. The maximum atomic E-state index is 14.6. The minimum atomic E-state index is -0.656. The van der Waals surface area contributed by atoms with Crippen LogP contribution in [0.2, 0.25) is 10.0 Å². The molecule has 2 heterocycles. The summed E-state index contributed by atoms with van der Waals surface area (Å²) in [5, 5.41) is 3.67. The van der Waals surface area contributed by atoms with E-state index in [-0.39, 0.29) is 26.7 Å². The van der Waals surface area contributed by atoms with Crippen LogP contribution in [0.1, 0.15) is 16.8 Å². The fraction of sp³-hybridized carbons (Fsp3) is 0.273. The van der Waals surface area contributed by atoms with E-state index in [9.17, 15) is 4.39 Å². The van der Waals surface area contributed by atoms with E-state index in [0.29, 0.717) is 42.2 Å². The Bertz CT molecular complexity index is 1160. The predicted octanol–water partition coefficient (Wildman–Crippen LogP) is 5.94. The minimum absolute atomic E-state index is 0.0332. The molecular formula is C22H20BrCl2FN4O2.